The molecule has 1 aromatic heterocycles. The van der Waals surface area contributed by atoms with E-state index in [2.05, 4.69) is 0 Å². The molecule has 0 atom stereocenters. The highest BCUT2D eigenvalue weighted by Crippen LogP contribution is 2.35. The predicted octanol–water partition coefficient (Wildman–Crippen LogP) is 5.29. The summed E-state index contributed by atoms with van der Waals surface area (Å²) in [4.78, 5) is -0.333. The zero-order valence-electron chi connectivity index (χ0n) is 11.9. The van der Waals surface area contributed by atoms with Gasteiger partial charge in [0, 0.05) is 16.7 Å². The lowest BCUT2D eigenvalue weighted by atomic mass is 10.1. The van der Waals surface area contributed by atoms with Crippen molar-refractivity contribution < 1.29 is 22.1 Å². The Morgan fingerprint density at radius 2 is 1.83 bits per heavy atom. The number of benzene rings is 2. The lowest BCUT2D eigenvalue weighted by molar-refractivity contribution is 0.471. The van der Waals surface area contributed by atoms with Gasteiger partial charge < -0.3 is 9.15 Å². The van der Waals surface area contributed by atoms with Gasteiger partial charge in [0.1, 0.15) is 22.2 Å². The van der Waals surface area contributed by atoms with Crippen molar-refractivity contribution in [1.82, 2.24) is 0 Å². The number of ether oxygens (including phenoxy) is 1. The van der Waals surface area contributed by atoms with Gasteiger partial charge in [-0.25, -0.2) is 0 Å². The minimum absolute atomic E-state index is 0.183. The number of halogens is 2. The van der Waals surface area contributed by atoms with Gasteiger partial charge in [0.25, 0.3) is 10.1 Å². The van der Waals surface area contributed by atoms with E-state index in [9.17, 15) is 13.0 Å². The third-order valence-corrected chi connectivity index (χ3v) is 4.56. The van der Waals surface area contributed by atoms with Crippen molar-refractivity contribution in [2.24, 2.45) is 0 Å². The number of furan rings is 1. The molecule has 5 nitrogen and oxygen atoms in total. The van der Waals surface area contributed by atoms with Gasteiger partial charge in [0.2, 0.25) is 0 Å². The second-order valence-electron chi connectivity index (χ2n) is 4.79. The molecule has 0 aliphatic heterocycles. The highest BCUT2D eigenvalue weighted by atomic mass is 35.5. The smallest absolute Gasteiger partial charge is 0.295 e. The molecule has 24 heavy (non-hydrogen) atoms. The molecule has 2 aromatic carbocycles. The maximum absolute atomic E-state index is 11.7. The van der Waals surface area contributed by atoms with Crippen LogP contribution in [0.3, 0.4) is 0 Å². The summed E-state index contributed by atoms with van der Waals surface area (Å²) in [6.07, 6.45) is 1.40. The molecule has 0 fully saturated rings. The van der Waals surface area contributed by atoms with Crippen LogP contribution in [0.1, 0.15) is 0 Å². The van der Waals surface area contributed by atoms with Crippen LogP contribution in [-0.2, 0) is 10.1 Å². The molecule has 0 aliphatic rings. The van der Waals surface area contributed by atoms with Crippen molar-refractivity contribution in [2.75, 3.05) is 0 Å². The highest BCUT2D eigenvalue weighted by Gasteiger charge is 2.20. The first-order valence-electron chi connectivity index (χ1n) is 6.63. The Balaban J connectivity index is 2.05. The fourth-order valence-corrected chi connectivity index (χ4v) is 3.26. The average molecular weight is 385 g/mol. The van der Waals surface area contributed by atoms with Crippen molar-refractivity contribution in [3.05, 3.63) is 64.8 Å². The van der Waals surface area contributed by atoms with Gasteiger partial charge in [-0.1, -0.05) is 23.2 Å². The van der Waals surface area contributed by atoms with Crippen LogP contribution in [0.25, 0.3) is 11.3 Å². The quantitative estimate of drug-likeness (QED) is 0.618. The fourth-order valence-electron chi connectivity index (χ4n) is 2.10. The summed E-state index contributed by atoms with van der Waals surface area (Å²) >= 11 is 11.8. The molecule has 1 heterocycles. The largest absolute Gasteiger partial charge is 0.464 e. The lowest BCUT2D eigenvalue weighted by Gasteiger charge is -2.11. The second-order valence-corrected chi connectivity index (χ2v) is 7.02. The predicted molar refractivity (Wildman–Crippen MR) is 90.5 cm³/mol. The normalized spacial score (nSPS) is 11.5. The van der Waals surface area contributed by atoms with E-state index in [1.54, 1.807) is 24.3 Å². The second kappa shape index (κ2) is 6.49. The van der Waals surface area contributed by atoms with Crippen LogP contribution >= 0.6 is 23.2 Å². The van der Waals surface area contributed by atoms with E-state index in [0.29, 0.717) is 16.5 Å². The van der Waals surface area contributed by atoms with E-state index in [1.807, 2.05) is 0 Å². The summed E-state index contributed by atoms with van der Waals surface area (Å²) in [5.74, 6) is 0.786. The minimum Gasteiger partial charge on any atom is -0.464 e. The molecule has 124 valence electrons. The van der Waals surface area contributed by atoms with Gasteiger partial charge in [-0.15, -0.1) is 0 Å². The standard InChI is InChI=1S/C16H10Cl2O5S/c17-10-3-6-15(13(18)8-10)23-11-4-5-12(14-2-1-7-22-14)16(9-11)24(19,20)21/h1-9H,(H,19,20,21). The van der Waals surface area contributed by atoms with Crippen molar-refractivity contribution in [3.63, 3.8) is 0 Å². The third-order valence-electron chi connectivity index (χ3n) is 3.14. The van der Waals surface area contributed by atoms with Crippen LogP contribution in [0, 0.1) is 0 Å². The molecule has 0 aliphatic carbocycles. The zero-order valence-corrected chi connectivity index (χ0v) is 14.3. The molecule has 3 rings (SSSR count). The summed E-state index contributed by atoms with van der Waals surface area (Å²) in [6, 6.07) is 12.0. The summed E-state index contributed by atoms with van der Waals surface area (Å²) in [5.41, 5.74) is 0.219. The van der Waals surface area contributed by atoms with E-state index in [0.717, 1.165) is 0 Å². The van der Waals surface area contributed by atoms with Crippen LogP contribution in [0.4, 0.5) is 0 Å². The van der Waals surface area contributed by atoms with Gasteiger partial charge in [0.15, 0.2) is 0 Å². The molecule has 3 aromatic rings. The SMILES string of the molecule is O=S(=O)(O)c1cc(Oc2ccc(Cl)cc2Cl)ccc1-c1ccco1. The van der Waals surface area contributed by atoms with E-state index in [1.165, 1.54) is 30.5 Å². The lowest BCUT2D eigenvalue weighted by Crippen LogP contribution is -2.01. The Bertz CT molecular complexity index is 982. The van der Waals surface area contributed by atoms with E-state index in [-0.39, 0.29) is 21.2 Å². The Morgan fingerprint density at radius 3 is 2.46 bits per heavy atom. The van der Waals surface area contributed by atoms with Gasteiger partial charge >= 0.3 is 0 Å². The molecule has 0 radical (unpaired) electrons. The summed E-state index contributed by atoms with van der Waals surface area (Å²) in [5, 5.41) is 0.713. The molecule has 0 spiro atoms. The summed E-state index contributed by atoms with van der Waals surface area (Å²) in [6.45, 7) is 0. The van der Waals surface area contributed by atoms with Gasteiger partial charge in [0.05, 0.1) is 11.3 Å². The van der Waals surface area contributed by atoms with E-state index in [4.69, 9.17) is 32.4 Å². The first-order chi connectivity index (χ1) is 11.3. The van der Waals surface area contributed by atoms with Crippen LogP contribution in [-0.4, -0.2) is 13.0 Å². The van der Waals surface area contributed by atoms with Crippen molar-refractivity contribution in [1.29, 1.82) is 0 Å². The molecule has 0 saturated heterocycles. The topological polar surface area (TPSA) is 76.7 Å². The number of hydrogen-bond donors (Lipinski definition) is 1. The van der Waals surface area contributed by atoms with E-state index >= 15 is 0 Å². The van der Waals surface area contributed by atoms with Gasteiger partial charge in [-0.05, 0) is 42.5 Å². The Labute approximate surface area is 148 Å². The van der Waals surface area contributed by atoms with Crippen LogP contribution in [0.5, 0.6) is 11.5 Å². The monoisotopic (exact) mass is 384 g/mol. The van der Waals surface area contributed by atoms with Crippen LogP contribution in [0.2, 0.25) is 10.0 Å². The van der Waals surface area contributed by atoms with E-state index < -0.39 is 10.1 Å². The Kier molecular flexibility index (Phi) is 4.56. The third kappa shape index (κ3) is 3.57. The highest BCUT2D eigenvalue weighted by molar-refractivity contribution is 7.86. The molecular formula is C16H10Cl2O5S. The van der Waals surface area contributed by atoms with Crippen molar-refractivity contribution in [3.8, 4) is 22.8 Å². The van der Waals surface area contributed by atoms with Gasteiger partial charge in [-0.2, -0.15) is 8.42 Å². The molecular weight excluding hydrogens is 375 g/mol. The maximum atomic E-state index is 11.7. The molecule has 8 heteroatoms. The zero-order chi connectivity index (χ0) is 17.3. The van der Waals surface area contributed by atoms with Crippen molar-refractivity contribution >= 4 is 33.3 Å². The Hall–Kier alpha value is -1.99. The Morgan fingerprint density at radius 1 is 1.04 bits per heavy atom. The van der Waals surface area contributed by atoms with Crippen LogP contribution in [0.15, 0.2) is 64.1 Å². The molecule has 0 unspecified atom stereocenters. The molecule has 1 N–H and O–H groups in total. The number of hydrogen-bond acceptors (Lipinski definition) is 4. The van der Waals surface area contributed by atoms with Crippen LogP contribution < -0.4 is 4.74 Å². The summed E-state index contributed by atoms with van der Waals surface area (Å²) in [7, 11) is -4.49. The molecule has 0 amide bonds. The molecule has 0 saturated carbocycles. The first kappa shape index (κ1) is 16.9. The molecule has 0 bridgehead atoms. The summed E-state index contributed by atoms with van der Waals surface area (Å²) < 4.78 is 43.6. The minimum atomic E-state index is -4.49. The van der Waals surface area contributed by atoms with Gasteiger partial charge in [-0.3, -0.25) is 4.55 Å². The average Bonchev–Trinajstić information content (AvgIpc) is 3.03. The number of rotatable bonds is 4. The van der Waals surface area contributed by atoms with Crippen molar-refractivity contribution in [2.45, 2.75) is 4.90 Å². The fraction of sp³-hybridized carbons (Fsp3) is 0. The maximum Gasteiger partial charge on any atom is 0.295 e. The first-order valence-corrected chi connectivity index (χ1v) is 8.82.